The lowest BCUT2D eigenvalue weighted by Gasteiger charge is -2.00. The summed E-state index contributed by atoms with van der Waals surface area (Å²) in [5.41, 5.74) is 5.44. The van der Waals surface area contributed by atoms with Gasteiger partial charge in [-0.3, -0.25) is 0 Å². The maximum absolute atomic E-state index is 5.62. The Balaban J connectivity index is 2.67. The van der Waals surface area contributed by atoms with Crippen LogP contribution in [0.4, 0.5) is 0 Å². The number of nitrogens with zero attached hydrogens (tertiary/aromatic N) is 3. The van der Waals surface area contributed by atoms with Gasteiger partial charge in [-0.25, -0.2) is 0 Å². The molecule has 0 aromatic carbocycles. The molecule has 0 saturated heterocycles. The zero-order valence-corrected chi connectivity index (χ0v) is 8.90. The molecule has 1 heterocycles. The summed E-state index contributed by atoms with van der Waals surface area (Å²) in [6, 6.07) is 0. The van der Waals surface area contributed by atoms with Crippen LogP contribution < -0.4 is 5.73 Å². The standard InChI is InChI=1S/C7H11ClN4S/c1-5(8)4-13-7-11-10-6(3-9)12(7)2/h1,3-4,9H2,2H3. The Kier molecular flexibility index (Phi) is 3.77. The summed E-state index contributed by atoms with van der Waals surface area (Å²) in [4.78, 5) is 0. The van der Waals surface area contributed by atoms with Gasteiger partial charge >= 0.3 is 0 Å². The summed E-state index contributed by atoms with van der Waals surface area (Å²) in [7, 11) is 1.88. The number of thioether (sulfide) groups is 1. The van der Waals surface area contributed by atoms with E-state index in [2.05, 4.69) is 16.8 Å². The van der Waals surface area contributed by atoms with Gasteiger partial charge in [-0.05, 0) is 0 Å². The van der Waals surface area contributed by atoms with Gasteiger partial charge in [-0.1, -0.05) is 29.9 Å². The van der Waals surface area contributed by atoms with Crippen LogP contribution in [0, 0.1) is 0 Å². The summed E-state index contributed by atoms with van der Waals surface area (Å²) in [5, 5.41) is 9.27. The molecule has 0 aliphatic rings. The van der Waals surface area contributed by atoms with Crippen LogP contribution in [-0.2, 0) is 13.6 Å². The predicted molar refractivity (Wildman–Crippen MR) is 54.6 cm³/mol. The molecule has 0 fully saturated rings. The normalized spacial score (nSPS) is 10.4. The Bertz CT molecular complexity index is 309. The Morgan fingerprint density at radius 2 is 2.38 bits per heavy atom. The molecule has 0 aliphatic carbocycles. The molecule has 0 radical (unpaired) electrons. The molecule has 1 aromatic heterocycles. The Hall–Kier alpha value is -0.520. The van der Waals surface area contributed by atoms with Crippen molar-refractivity contribution in [2.75, 3.05) is 5.75 Å². The molecule has 72 valence electrons. The van der Waals surface area contributed by atoms with Gasteiger partial charge in [0.1, 0.15) is 5.82 Å². The molecule has 0 spiro atoms. The Labute approximate surface area is 86.2 Å². The molecule has 0 atom stereocenters. The number of nitrogens with two attached hydrogens (primary N) is 1. The van der Waals surface area contributed by atoms with E-state index >= 15 is 0 Å². The number of hydrogen-bond acceptors (Lipinski definition) is 4. The highest BCUT2D eigenvalue weighted by Crippen LogP contribution is 2.18. The minimum Gasteiger partial charge on any atom is -0.324 e. The van der Waals surface area contributed by atoms with E-state index in [9.17, 15) is 0 Å². The van der Waals surface area contributed by atoms with Crippen molar-refractivity contribution in [3.63, 3.8) is 0 Å². The highest BCUT2D eigenvalue weighted by Gasteiger charge is 2.07. The van der Waals surface area contributed by atoms with E-state index in [0.717, 1.165) is 11.0 Å². The van der Waals surface area contributed by atoms with Crippen molar-refractivity contribution in [1.82, 2.24) is 14.8 Å². The van der Waals surface area contributed by atoms with Gasteiger partial charge in [0.15, 0.2) is 5.16 Å². The number of hydrogen-bond donors (Lipinski definition) is 1. The molecular formula is C7H11ClN4S. The largest absolute Gasteiger partial charge is 0.324 e. The van der Waals surface area contributed by atoms with Crippen molar-refractivity contribution in [3.8, 4) is 0 Å². The van der Waals surface area contributed by atoms with E-state index in [4.69, 9.17) is 17.3 Å². The smallest absolute Gasteiger partial charge is 0.191 e. The number of rotatable bonds is 4. The minimum absolute atomic E-state index is 0.395. The Morgan fingerprint density at radius 3 is 2.85 bits per heavy atom. The van der Waals surface area contributed by atoms with Gasteiger partial charge in [-0.2, -0.15) is 0 Å². The van der Waals surface area contributed by atoms with Gasteiger partial charge < -0.3 is 10.3 Å². The second-order valence-electron chi connectivity index (χ2n) is 2.47. The van der Waals surface area contributed by atoms with Gasteiger partial charge in [0.2, 0.25) is 0 Å². The van der Waals surface area contributed by atoms with Crippen molar-refractivity contribution < 1.29 is 0 Å². The third-order valence-corrected chi connectivity index (χ3v) is 2.86. The fourth-order valence-electron chi connectivity index (χ4n) is 0.791. The maximum Gasteiger partial charge on any atom is 0.191 e. The van der Waals surface area contributed by atoms with Gasteiger partial charge in [0, 0.05) is 17.8 Å². The molecule has 13 heavy (non-hydrogen) atoms. The molecular weight excluding hydrogens is 208 g/mol. The molecule has 1 aromatic rings. The lowest BCUT2D eigenvalue weighted by molar-refractivity contribution is 0.735. The zero-order valence-electron chi connectivity index (χ0n) is 7.33. The van der Waals surface area contributed by atoms with Crippen LogP contribution >= 0.6 is 23.4 Å². The Morgan fingerprint density at radius 1 is 1.69 bits per heavy atom. The molecule has 6 heteroatoms. The van der Waals surface area contributed by atoms with Crippen molar-refractivity contribution >= 4 is 23.4 Å². The third-order valence-electron chi connectivity index (χ3n) is 1.47. The zero-order chi connectivity index (χ0) is 9.84. The molecule has 0 bridgehead atoms. The van der Waals surface area contributed by atoms with Crippen molar-refractivity contribution in [2.24, 2.45) is 12.8 Å². The summed E-state index contributed by atoms with van der Waals surface area (Å²) in [6.45, 7) is 3.98. The van der Waals surface area contributed by atoms with E-state index in [1.807, 2.05) is 11.6 Å². The molecule has 0 unspecified atom stereocenters. The van der Waals surface area contributed by atoms with Crippen LogP contribution in [0.1, 0.15) is 5.82 Å². The van der Waals surface area contributed by atoms with Crippen LogP contribution in [0.2, 0.25) is 0 Å². The predicted octanol–water partition coefficient (Wildman–Crippen LogP) is 1.12. The van der Waals surface area contributed by atoms with E-state index in [1.165, 1.54) is 11.8 Å². The first kappa shape index (κ1) is 10.6. The third kappa shape index (κ3) is 2.72. The van der Waals surface area contributed by atoms with E-state index < -0.39 is 0 Å². The topological polar surface area (TPSA) is 56.7 Å². The maximum atomic E-state index is 5.62. The van der Waals surface area contributed by atoms with Crippen molar-refractivity contribution in [3.05, 3.63) is 17.4 Å². The highest BCUT2D eigenvalue weighted by molar-refractivity contribution is 7.99. The van der Waals surface area contributed by atoms with Crippen LogP contribution in [0.5, 0.6) is 0 Å². The fourth-order valence-corrected chi connectivity index (χ4v) is 1.64. The number of halogens is 1. The summed E-state index contributed by atoms with van der Waals surface area (Å²) >= 11 is 7.12. The van der Waals surface area contributed by atoms with Crippen LogP contribution in [-0.4, -0.2) is 20.5 Å². The highest BCUT2D eigenvalue weighted by atomic mass is 35.5. The lowest BCUT2D eigenvalue weighted by Crippen LogP contribution is -2.05. The first-order valence-electron chi connectivity index (χ1n) is 3.69. The van der Waals surface area contributed by atoms with Crippen LogP contribution in [0.15, 0.2) is 16.8 Å². The monoisotopic (exact) mass is 218 g/mol. The summed E-state index contributed by atoms with van der Waals surface area (Å²) in [5.74, 6) is 1.40. The molecule has 1 rings (SSSR count). The summed E-state index contributed by atoms with van der Waals surface area (Å²) in [6.07, 6.45) is 0. The SMILES string of the molecule is C=C(Cl)CSc1nnc(CN)n1C. The number of aromatic nitrogens is 3. The van der Waals surface area contributed by atoms with Crippen molar-refractivity contribution in [2.45, 2.75) is 11.7 Å². The average molecular weight is 219 g/mol. The van der Waals surface area contributed by atoms with E-state index in [1.54, 1.807) is 0 Å². The van der Waals surface area contributed by atoms with Gasteiger partial charge in [0.25, 0.3) is 0 Å². The molecule has 0 amide bonds. The second kappa shape index (κ2) is 4.64. The lowest BCUT2D eigenvalue weighted by atomic mass is 10.6. The first-order chi connectivity index (χ1) is 6.15. The molecule has 0 aliphatic heterocycles. The van der Waals surface area contributed by atoms with Crippen LogP contribution in [0.25, 0.3) is 0 Å². The molecule has 0 saturated carbocycles. The van der Waals surface area contributed by atoms with Crippen LogP contribution in [0.3, 0.4) is 0 Å². The van der Waals surface area contributed by atoms with Gasteiger partial charge in [-0.15, -0.1) is 10.2 Å². The minimum atomic E-state index is 0.395. The molecule has 4 nitrogen and oxygen atoms in total. The molecule has 2 N–H and O–H groups in total. The quantitative estimate of drug-likeness (QED) is 0.770. The van der Waals surface area contributed by atoms with E-state index in [0.29, 0.717) is 17.3 Å². The van der Waals surface area contributed by atoms with Gasteiger partial charge in [0.05, 0.1) is 6.54 Å². The summed E-state index contributed by atoms with van der Waals surface area (Å²) < 4.78 is 1.85. The first-order valence-corrected chi connectivity index (χ1v) is 5.06. The average Bonchev–Trinajstić information content (AvgIpc) is 2.43. The second-order valence-corrected chi connectivity index (χ2v) is 3.94. The van der Waals surface area contributed by atoms with Crippen molar-refractivity contribution in [1.29, 1.82) is 0 Å². The fraction of sp³-hybridized carbons (Fsp3) is 0.429. The van der Waals surface area contributed by atoms with E-state index in [-0.39, 0.29) is 0 Å².